The first kappa shape index (κ1) is 11.7. The van der Waals surface area contributed by atoms with Crippen LogP contribution < -0.4 is 0 Å². The summed E-state index contributed by atoms with van der Waals surface area (Å²) >= 11 is 9.36. The topological polar surface area (TPSA) is 17.8 Å². The van der Waals surface area contributed by atoms with Crippen molar-refractivity contribution in [1.82, 2.24) is 9.55 Å². The van der Waals surface area contributed by atoms with Crippen molar-refractivity contribution in [2.24, 2.45) is 0 Å². The molecule has 0 aliphatic heterocycles. The lowest BCUT2D eigenvalue weighted by Gasteiger charge is -2.07. The SMILES string of the molecule is ClCc1cncn1CCc1ccccc1Br. The monoisotopic (exact) mass is 298 g/mol. The summed E-state index contributed by atoms with van der Waals surface area (Å²) < 4.78 is 3.24. The minimum absolute atomic E-state index is 0.510. The highest BCUT2D eigenvalue weighted by Crippen LogP contribution is 2.17. The molecule has 0 radical (unpaired) electrons. The maximum Gasteiger partial charge on any atom is 0.0948 e. The average Bonchev–Trinajstić information content (AvgIpc) is 2.75. The summed E-state index contributed by atoms with van der Waals surface area (Å²) in [4.78, 5) is 4.09. The first-order valence-corrected chi connectivity index (χ1v) is 6.42. The van der Waals surface area contributed by atoms with Crippen LogP contribution in [0.3, 0.4) is 0 Å². The van der Waals surface area contributed by atoms with Crippen LogP contribution in [0.1, 0.15) is 11.3 Å². The van der Waals surface area contributed by atoms with Gasteiger partial charge in [0.05, 0.1) is 17.9 Å². The summed E-state index contributed by atoms with van der Waals surface area (Å²) in [6, 6.07) is 8.26. The third kappa shape index (κ3) is 2.66. The molecule has 0 spiro atoms. The highest BCUT2D eigenvalue weighted by Gasteiger charge is 2.02. The van der Waals surface area contributed by atoms with Gasteiger partial charge in [0.1, 0.15) is 0 Å². The molecule has 1 aromatic heterocycles. The van der Waals surface area contributed by atoms with Gasteiger partial charge in [0.25, 0.3) is 0 Å². The Morgan fingerprint density at radius 2 is 2.12 bits per heavy atom. The number of benzene rings is 1. The number of rotatable bonds is 4. The molecule has 84 valence electrons. The zero-order valence-corrected chi connectivity index (χ0v) is 11.1. The van der Waals surface area contributed by atoms with Crippen LogP contribution in [-0.2, 0) is 18.8 Å². The molecule has 0 saturated carbocycles. The van der Waals surface area contributed by atoms with E-state index in [-0.39, 0.29) is 0 Å². The van der Waals surface area contributed by atoms with Crippen LogP contribution in [0.15, 0.2) is 41.3 Å². The van der Waals surface area contributed by atoms with Crippen LogP contribution in [0.4, 0.5) is 0 Å². The molecule has 2 rings (SSSR count). The average molecular weight is 300 g/mol. The summed E-state index contributed by atoms with van der Waals surface area (Å²) in [5.74, 6) is 0.510. The zero-order chi connectivity index (χ0) is 11.4. The van der Waals surface area contributed by atoms with Crippen LogP contribution in [-0.4, -0.2) is 9.55 Å². The normalized spacial score (nSPS) is 10.6. The molecule has 0 atom stereocenters. The first-order valence-electron chi connectivity index (χ1n) is 5.09. The number of halogens is 2. The van der Waals surface area contributed by atoms with Gasteiger partial charge in [-0.2, -0.15) is 0 Å². The second kappa shape index (κ2) is 5.51. The minimum atomic E-state index is 0.510. The van der Waals surface area contributed by atoms with Crippen molar-refractivity contribution in [3.8, 4) is 0 Å². The lowest BCUT2D eigenvalue weighted by atomic mass is 10.1. The molecule has 2 nitrogen and oxygen atoms in total. The largest absolute Gasteiger partial charge is 0.333 e. The van der Waals surface area contributed by atoms with E-state index < -0.39 is 0 Å². The Morgan fingerprint density at radius 1 is 1.31 bits per heavy atom. The Morgan fingerprint density at radius 3 is 2.88 bits per heavy atom. The lowest BCUT2D eigenvalue weighted by Crippen LogP contribution is -2.03. The number of alkyl halides is 1. The van der Waals surface area contributed by atoms with Gasteiger partial charge in [0, 0.05) is 17.2 Å². The van der Waals surface area contributed by atoms with Gasteiger partial charge in [0.15, 0.2) is 0 Å². The molecule has 0 aliphatic carbocycles. The number of aryl methyl sites for hydroxylation is 2. The molecule has 1 aromatic carbocycles. The number of imidazole rings is 1. The van der Waals surface area contributed by atoms with Gasteiger partial charge >= 0.3 is 0 Å². The molecule has 4 heteroatoms. The van der Waals surface area contributed by atoms with E-state index in [0.717, 1.165) is 23.1 Å². The van der Waals surface area contributed by atoms with E-state index in [4.69, 9.17) is 11.6 Å². The summed E-state index contributed by atoms with van der Waals surface area (Å²) in [5, 5.41) is 0. The van der Waals surface area contributed by atoms with Crippen LogP contribution in [0, 0.1) is 0 Å². The highest BCUT2D eigenvalue weighted by molar-refractivity contribution is 9.10. The van der Waals surface area contributed by atoms with Gasteiger partial charge in [-0.3, -0.25) is 0 Å². The maximum atomic E-state index is 5.82. The second-order valence-corrected chi connectivity index (χ2v) is 4.68. The van der Waals surface area contributed by atoms with E-state index in [1.54, 1.807) is 0 Å². The standard InChI is InChI=1S/C12H12BrClN2/c13-12-4-2-1-3-10(12)5-6-16-9-15-8-11(16)7-14/h1-4,8-9H,5-7H2. The van der Waals surface area contributed by atoms with Gasteiger partial charge < -0.3 is 4.57 Å². The first-order chi connectivity index (χ1) is 7.81. The maximum absolute atomic E-state index is 5.82. The minimum Gasteiger partial charge on any atom is -0.333 e. The van der Waals surface area contributed by atoms with Gasteiger partial charge in [-0.15, -0.1) is 11.6 Å². The molecule has 0 amide bonds. The molecule has 2 aromatic rings. The Hall–Kier alpha value is -0.800. The summed E-state index contributed by atoms with van der Waals surface area (Å²) in [5.41, 5.74) is 2.37. The summed E-state index contributed by atoms with van der Waals surface area (Å²) in [7, 11) is 0. The van der Waals surface area contributed by atoms with Crippen molar-refractivity contribution < 1.29 is 0 Å². The van der Waals surface area contributed by atoms with Crippen LogP contribution >= 0.6 is 27.5 Å². The number of nitrogens with zero attached hydrogens (tertiary/aromatic N) is 2. The van der Waals surface area contributed by atoms with E-state index >= 15 is 0 Å². The van der Waals surface area contributed by atoms with Crippen molar-refractivity contribution in [1.29, 1.82) is 0 Å². The zero-order valence-electron chi connectivity index (χ0n) is 8.74. The molecule has 0 fully saturated rings. The summed E-state index contributed by atoms with van der Waals surface area (Å²) in [6.07, 6.45) is 4.61. The van der Waals surface area contributed by atoms with Gasteiger partial charge in [-0.1, -0.05) is 34.1 Å². The molecule has 0 bridgehead atoms. The third-order valence-corrected chi connectivity index (χ3v) is 3.56. The highest BCUT2D eigenvalue weighted by atomic mass is 79.9. The van der Waals surface area contributed by atoms with Crippen molar-refractivity contribution >= 4 is 27.5 Å². The molecular weight excluding hydrogens is 288 g/mol. The third-order valence-electron chi connectivity index (χ3n) is 2.52. The smallest absolute Gasteiger partial charge is 0.0948 e. The molecule has 0 saturated heterocycles. The van der Waals surface area contributed by atoms with Gasteiger partial charge in [-0.25, -0.2) is 4.98 Å². The van der Waals surface area contributed by atoms with Gasteiger partial charge in [0.2, 0.25) is 0 Å². The van der Waals surface area contributed by atoms with Crippen molar-refractivity contribution in [2.45, 2.75) is 18.8 Å². The fraction of sp³-hybridized carbons (Fsp3) is 0.250. The number of hydrogen-bond acceptors (Lipinski definition) is 1. The predicted molar refractivity (Wildman–Crippen MR) is 69.6 cm³/mol. The molecule has 0 unspecified atom stereocenters. The lowest BCUT2D eigenvalue weighted by molar-refractivity contribution is 0.673. The van der Waals surface area contributed by atoms with Crippen molar-refractivity contribution in [2.75, 3.05) is 0 Å². The summed E-state index contributed by atoms with van der Waals surface area (Å²) in [6.45, 7) is 0.907. The Bertz CT molecular complexity index is 468. The fourth-order valence-corrected chi connectivity index (χ4v) is 2.31. The molecule has 16 heavy (non-hydrogen) atoms. The molecular formula is C12H12BrClN2. The second-order valence-electron chi connectivity index (χ2n) is 3.55. The molecule has 1 heterocycles. The van der Waals surface area contributed by atoms with E-state index in [2.05, 4.69) is 43.7 Å². The van der Waals surface area contributed by atoms with E-state index in [9.17, 15) is 0 Å². The van der Waals surface area contributed by atoms with Crippen LogP contribution in [0.25, 0.3) is 0 Å². The van der Waals surface area contributed by atoms with Gasteiger partial charge in [-0.05, 0) is 18.1 Å². The van der Waals surface area contributed by atoms with E-state index in [1.165, 1.54) is 5.56 Å². The Kier molecular flexibility index (Phi) is 4.02. The van der Waals surface area contributed by atoms with E-state index in [0.29, 0.717) is 5.88 Å². The fourth-order valence-electron chi connectivity index (χ4n) is 1.60. The number of hydrogen-bond donors (Lipinski definition) is 0. The Balaban J connectivity index is 2.05. The van der Waals surface area contributed by atoms with Crippen LogP contribution in [0.5, 0.6) is 0 Å². The number of aromatic nitrogens is 2. The molecule has 0 aliphatic rings. The van der Waals surface area contributed by atoms with Crippen molar-refractivity contribution in [3.63, 3.8) is 0 Å². The quantitative estimate of drug-likeness (QED) is 0.788. The Labute approximate surface area is 108 Å². The predicted octanol–water partition coefficient (Wildman–Crippen LogP) is 3.63. The van der Waals surface area contributed by atoms with E-state index in [1.807, 2.05) is 18.6 Å². The molecule has 0 N–H and O–H groups in total. The van der Waals surface area contributed by atoms with Crippen molar-refractivity contribution in [3.05, 3.63) is 52.5 Å². The van der Waals surface area contributed by atoms with Crippen LogP contribution in [0.2, 0.25) is 0 Å².